The van der Waals surface area contributed by atoms with Gasteiger partial charge in [-0.1, -0.05) is 35.4 Å². The third-order valence-corrected chi connectivity index (χ3v) is 4.30. The number of hydrogen-bond donors (Lipinski definition) is 0. The van der Waals surface area contributed by atoms with Gasteiger partial charge in [0.15, 0.2) is 0 Å². The Morgan fingerprint density at radius 1 is 1.50 bits per heavy atom. The zero-order valence-corrected chi connectivity index (χ0v) is 11.4. The number of alkyl halides is 1. The van der Waals surface area contributed by atoms with Gasteiger partial charge in [-0.05, 0) is 50.2 Å². The van der Waals surface area contributed by atoms with E-state index in [1.54, 1.807) is 5.57 Å². The minimum absolute atomic E-state index is 0.622. The first kappa shape index (κ1) is 10.8. The van der Waals surface area contributed by atoms with Crippen LogP contribution < -0.4 is 0 Å². The van der Waals surface area contributed by atoms with Crippen LogP contribution in [0.25, 0.3) is 0 Å². The van der Waals surface area contributed by atoms with Crippen LogP contribution in [-0.2, 0) is 0 Å². The Hall–Kier alpha value is 0.250. The molecule has 0 radical (unpaired) electrons. The smallest absolute Gasteiger partial charge is 0.00698 e. The summed E-state index contributed by atoms with van der Waals surface area (Å²) in [4.78, 5) is 0. The van der Waals surface area contributed by atoms with Gasteiger partial charge in [0.05, 0.1) is 0 Å². The predicted molar refractivity (Wildman–Crippen MR) is 69.8 cm³/mol. The quantitative estimate of drug-likeness (QED) is 0.400. The summed E-state index contributed by atoms with van der Waals surface area (Å²) in [7, 11) is 0. The van der Waals surface area contributed by atoms with E-state index in [9.17, 15) is 0 Å². The van der Waals surface area contributed by atoms with Gasteiger partial charge in [0, 0.05) is 9.84 Å². The highest BCUT2D eigenvalue weighted by molar-refractivity contribution is 14.1. The van der Waals surface area contributed by atoms with Crippen molar-refractivity contribution in [1.82, 2.24) is 0 Å². The molecule has 0 amide bonds. The lowest BCUT2D eigenvalue weighted by Gasteiger charge is -2.19. The van der Waals surface area contributed by atoms with E-state index in [4.69, 9.17) is 0 Å². The van der Waals surface area contributed by atoms with Gasteiger partial charge in [0.1, 0.15) is 0 Å². The zero-order chi connectivity index (χ0) is 10.2. The van der Waals surface area contributed by atoms with Gasteiger partial charge >= 0.3 is 0 Å². The predicted octanol–water partition coefficient (Wildman–Crippen LogP) is 4.49. The van der Waals surface area contributed by atoms with Gasteiger partial charge in [-0.2, -0.15) is 0 Å². The first-order chi connectivity index (χ1) is 6.70. The molecule has 2 aliphatic rings. The van der Waals surface area contributed by atoms with Gasteiger partial charge in [0.25, 0.3) is 0 Å². The molecule has 0 aromatic heterocycles. The largest absolute Gasteiger partial charge is 0.122 e. The second-order valence-electron chi connectivity index (χ2n) is 4.93. The number of fused-ring (bicyclic) bond motifs is 1. The average Bonchev–Trinajstić information content (AvgIpc) is 2.74. The van der Waals surface area contributed by atoms with Crippen molar-refractivity contribution in [3.05, 3.63) is 16.9 Å². The lowest BCUT2D eigenvalue weighted by atomic mass is 9.86. The summed E-state index contributed by atoms with van der Waals surface area (Å²) in [6.07, 6.45) is 7.17. The Balaban J connectivity index is 2.26. The molecule has 0 aromatic carbocycles. The van der Waals surface area contributed by atoms with Gasteiger partial charge in [0.2, 0.25) is 0 Å². The maximum Gasteiger partial charge on any atom is 0.00698 e. The van der Waals surface area contributed by atoms with Crippen LogP contribution in [0.5, 0.6) is 0 Å². The highest BCUT2D eigenvalue weighted by Gasteiger charge is 2.59. The molecule has 0 bridgehead atoms. The Morgan fingerprint density at radius 2 is 2.29 bits per heavy atom. The van der Waals surface area contributed by atoms with E-state index < -0.39 is 0 Å². The monoisotopic (exact) mass is 302 g/mol. The van der Waals surface area contributed by atoms with E-state index in [0.717, 1.165) is 5.92 Å². The number of halogens is 1. The summed E-state index contributed by atoms with van der Waals surface area (Å²) < 4.78 is 1.31. The third kappa shape index (κ3) is 1.69. The highest BCUT2D eigenvalue weighted by atomic mass is 127. The molecule has 78 valence electrons. The summed E-state index contributed by atoms with van der Waals surface area (Å²) in [6, 6.07) is 0. The van der Waals surface area contributed by atoms with Crippen molar-refractivity contribution in [2.75, 3.05) is 4.43 Å². The molecule has 0 nitrogen and oxygen atoms in total. The first-order valence-electron chi connectivity index (χ1n) is 5.71. The Labute approximate surface area is 101 Å². The van der Waals surface area contributed by atoms with Crippen LogP contribution in [0.4, 0.5) is 0 Å². The van der Waals surface area contributed by atoms with Crippen LogP contribution in [0.2, 0.25) is 0 Å². The van der Waals surface area contributed by atoms with Gasteiger partial charge in [-0.25, -0.2) is 0 Å². The van der Waals surface area contributed by atoms with Crippen molar-refractivity contribution in [1.29, 1.82) is 0 Å². The fourth-order valence-electron chi connectivity index (χ4n) is 3.10. The second kappa shape index (κ2) is 4.02. The van der Waals surface area contributed by atoms with Gasteiger partial charge < -0.3 is 0 Å². The van der Waals surface area contributed by atoms with E-state index in [1.165, 1.54) is 42.1 Å². The normalized spacial score (nSPS) is 34.8. The third-order valence-electron chi connectivity index (χ3n) is 3.76. The molecular weight excluding hydrogens is 283 g/mol. The van der Waals surface area contributed by atoms with Crippen LogP contribution in [0.3, 0.4) is 0 Å². The SMILES string of the molecule is CC(C)=C=C1[C@H]2CCCC[C@@]12CCI. The minimum atomic E-state index is 0.622. The van der Waals surface area contributed by atoms with Crippen LogP contribution in [0.1, 0.15) is 46.0 Å². The summed E-state index contributed by atoms with van der Waals surface area (Å²) in [6.45, 7) is 4.35. The van der Waals surface area contributed by atoms with Crippen molar-refractivity contribution in [2.45, 2.75) is 46.0 Å². The molecule has 2 saturated carbocycles. The summed E-state index contributed by atoms with van der Waals surface area (Å²) in [5.41, 5.74) is 7.27. The standard InChI is InChI=1S/C13H19I/c1-10(2)9-12-11-5-3-4-6-13(11,12)7-8-14/h11H,3-8H2,1-2H3/t11-,13+/m1/s1. The maximum atomic E-state index is 3.61. The number of allylic oxidation sites excluding steroid dienone is 1. The van der Waals surface area contributed by atoms with Crippen LogP contribution >= 0.6 is 22.6 Å². The lowest BCUT2D eigenvalue weighted by molar-refractivity contribution is 0.335. The van der Waals surface area contributed by atoms with E-state index in [2.05, 4.69) is 42.2 Å². The van der Waals surface area contributed by atoms with E-state index in [0.29, 0.717) is 5.41 Å². The first-order valence-corrected chi connectivity index (χ1v) is 7.24. The maximum absolute atomic E-state index is 3.61. The topological polar surface area (TPSA) is 0 Å². The number of hydrogen-bond acceptors (Lipinski definition) is 0. The lowest BCUT2D eigenvalue weighted by Crippen LogP contribution is -2.09. The molecule has 2 rings (SSSR count). The molecule has 0 saturated heterocycles. The average molecular weight is 302 g/mol. The van der Waals surface area contributed by atoms with E-state index >= 15 is 0 Å². The van der Waals surface area contributed by atoms with E-state index in [-0.39, 0.29) is 0 Å². The molecular formula is C13H19I. The molecule has 0 aliphatic heterocycles. The Bertz CT molecular complexity index is 288. The molecule has 2 atom stereocenters. The van der Waals surface area contributed by atoms with Crippen LogP contribution in [0, 0.1) is 11.3 Å². The molecule has 0 heterocycles. The Morgan fingerprint density at radius 3 is 2.93 bits per heavy atom. The van der Waals surface area contributed by atoms with Crippen LogP contribution in [-0.4, -0.2) is 4.43 Å². The molecule has 14 heavy (non-hydrogen) atoms. The molecule has 0 unspecified atom stereocenters. The molecule has 2 fully saturated rings. The highest BCUT2D eigenvalue weighted by Crippen LogP contribution is 2.67. The second-order valence-corrected chi connectivity index (χ2v) is 6.01. The van der Waals surface area contributed by atoms with Gasteiger partial charge in [-0.15, -0.1) is 5.73 Å². The van der Waals surface area contributed by atoms with E-state index in [1.807, 2.05) is 0 Å². The minimum Gasteiger partial charge on any atom is -0.122 e. The van der Waals surface area contributed by atoms with Crippen LogP contribution in [0.15, 0.2) is 16.9 Å². The molecule has 2 aliphatic carbocycles. The fourth-order valence-corrected chi connectivity index (χ4v) is 4.06. The molecule has 0 spiro atoms. The molecule has 1 heteroatoms. The van der Waals surface area contributed by atoms with Crippen molar-refractivity contribution < 1.29 is 0 Å². The summed E-state index contributed by atoms with van der Waals surface area (Å²) >= 11 is 2.52. The van der Waals surface area contributed by atoms with Crippen molar-refractivity contribution in [2.24, 2.45) is 11.3 Å². The Kier molecular flexibility index (Phi) is 3.09. The van der Waals surface area contributed by atoms with Crippen molar-refractivity contribution in [3.63, 3.8) is 0 Å². The van der Waals surface area contributed by atoms with Crippen molar-refractivity contribution in [3.8, 4) is 0 Å². The van der Waals surface area contributed by atoms with Gasteiger partial charge in [-0.3, -0.25) is 0 Å². The fraction of sp³-hybridized carbons (Fsp3) is 0.769. The zero-order valence-electron chi connectivity index (χ0n) is 9.20. The summed E-state index contributed by atoms with van der Waals surface area (Å²) in [5.74, 6) is 0.918. The summed E-state index contributed by atoms with van der Waals surface area (Å²) in [5, 5.41) is 0. The number of rotatable bonds is 2. The molecule has 0 N–H and O–H groups in total. The molecule has 0 aromatic rings. The van der Waals surface area contributed by atoms with Crippen molar-refractivity contribution >= 4 is 22.6 Å².